The monoisotopic (exact) mass is 424 g/mol. The van der Waals surface area contributed by atoms with Gasteiger partial charge in [-0.15, -0.1) is 0 Å². The van der Waals surface area contributed by atoms with Crippen LogP contribution in [0.1, 0.15) is 45.6 Å². The SMILES string of the molecule is COc1ccc([C@H]2C[C@H](c3ccccc3)N(C(=O)c3ccccc3C)c3ncnn32)cc1. The molecule has 0 aliphatic carbocycles. The zero-order valence-electron chi connectivity index (χ0n) is 18.1. The van der Waals surface area contributed by atoms with E-state index in [4.69, 9.17) is 4.74 Å². The Hall–Kier alpha value is -3.93. The number of benzene rings is 3. The van der Waals surface area contributed by atoms with Crippen LogP contribution in [-0.2, 0) is 0 Å². The van der Waals surface area contributed by atoms with Crippen LogP contribution in [-0.4, -0.2) is 27.8 Å². The maximum Gasteiger partial charge on any atom is 0.261 e. The number of nitrogens with zero attached hydrogens (tertiary/aromatic N) is 4. The van der Waals surface area contributed by atoms with Crippen molar-refractivity contribution in [3.63, 3.8) is 0 Å². The number of anilines is 1. The van der Waals surface area contributed by atoms with Crippen LogP contribution < -0.4 is 9.64 Å². The van der Waals surface area contributed by atoms with Crippen molar-refractivity contribution in [3.8, 4) is 5.75 Å². The number of aromatic nitrogens is 3. The van der Waals surface area contributed by atoms with Crippen molar-refractivity contribution in [3.05, 3.63) is 107 Å². The van der Waals surface area contributed by atoms with Gasteiger partial charge in [-0.05, 0) is 48.2 Å². The van der Waals surface area contributed by atoms with Gasteiger partial charge in [-0.25, -0.2) is 4.68 Å². The molecule has 1 aromatic heterocycles. The average Bonchev–Trinajstić information content (AvgIpc) is 3.33. The fourth-order valence-electron chi connectivity index (χ4n) is 4.43. The van der Waals surface area contributed by atoms with Crippen LogP contribution in [0, 0.1) is 6.92 Å². The minimum absolute atomic E-state index is 0.0514. The molecule has 0 saturated carbocycles. The van der Waals surface area contributed by atoms with Gasteiger partial charge in [0.1, 0.15) is 12.1 Å². The first-order valence-corrected chi connectivity index (χ1v) is 10.6. The molecule has 1 aliphatic heterocycles. The standard InChI is InChI=1S/C26H24N4O2/c1-18-8-6-7-11-22(18)25(31)29-23(19-9-4-3-5-10-19)16-24(30-26(29)27-17-28-30)20-12-14-21(32-2)15-13-20/h3-15,17,23-24H,16H2,1-2H3/t23-,24-/m1/s1. The van der Waals surface area contributed by atoms with Crippen molar-refractivity contribution >= 4 is 11.9 Å². The normalized spacial score (nSPS) is 17.6. The molecule has 0 spiro atoms. The Morgan fingerprint density at radius 2 is 1.59 bits per heavy atom. The zero-order valence-corrected chi connectivity index (χ0v) is 18.1. The van der Waals surface area contributed by atoms with Gasteiger partial charge in [0.15, 0.2) is 0 Å². The van der Waals surface area contributed by atoms with E-state index in [1.54, 1.807) is 12.0 Å². The molecular weight excluding hydrogens is 400 g/mol. The highest BCUT2D eigenvalue weighted by Gasteiger charge is 2.39. The first-order valence-electron chi connectivity index (χ1n) is 10.6. The summed E-state index contributed by atoms with van der Waals surface area (Å²) in [6.07, 6.45) is 2.21. The van der Waals surface area contributed by atoms with Crippen molar-refractivity contribution in [2.45, 2.75) is 25.4 Å². The number of carbonyl (C=O) groups excluding carboxylic acids is 1. The molecular formula is C26H24N4O2. The quantitative estimate of drug-likeness (QED) is 0.464. The molecule has 160 valence electrons. The minimum atomic E-state index is -0.174. The summed E-state index contributed by atoms with van der Waals surface area (Å²) in [4.78, 5) is 20.1. The average molecular weight is 425 g/mol. The van der Waals surface area contributed by atoms with Crippen molar-refractivity contribution in [2.75, 3.05) is 12.0 Å². The lowest BCUT2D eigenvalue weighted by atomic mass is 9.91. The van der Waals surface area contributed by atoms with Gasteiger partial charge in [0.25, 0.3) is 5.91 Å². The van der Waals surface area contributed by atoms with E-state index in [0.717, 1.165) is 22.4 Å². The van der Waals surface area contributed by atoms with Gasteiger partial charge in [0, 0.05) is 5.56 Å². The molecule has 0 N–H and O–H groups in total. The predicted octanol–water partition coefficient (Wildman–Crippen LogP) is 4.98. The summed E-state index contributed by atoms with van der Waals surface area (Å²) in [7, 11) is 1.66. The molecule has 0 radical (unpaired) electrons. The van der Waals surface area contributed by atoms with E-state index in [1.165, 1.54) is 6.33 Å². The highest BCUT2D eigenvalue weighted by Crippen LogP contribution is 2.42. The van der Waals surface area contributed by atoms with Gasteiger partial charge in [-0.2, -0.15) is 10.1 Å². The van der Waals surface area contributed by atoms with Crippen LogP contribution in [0.3, 0.4) is 0 Å². The van der Waals surface area contributed by atoms with Crippen LogP contribution in [0.4, 0.5) is 5.95 Å². The summed E-state index contributed by atoms with van der Waals surface area (Å²) < 4.78 is 7.18. The van der Waals surface area contributed by atoms with Gasteiger partial charge >= 0.3 is 0 Å². The van der Waals surface area contributed by atoms with Gasteiger partial charge < -0.3 is 4.74 Å². The van der Waals surface area contributed by atoms with E-state index in [2.05, 4.69) is 34.3 Å². The summed E-state index contributed by atoms with van der Waals surface area (Å²) >= 11 is 0. The molecule has 2 heterocycles. The van der Waals surface area contributed by atoms with E-state index >= 15 is 0 Å². The maximum absolute atomic E-state index is 13.8. The molecule has 0 bridgehead atoms. The van der Waals surface area contributed by atoms with Crippen LogP contribution >= 0.6 is 0 Å². The Balaban J connectivity index is 1.64. The molecule has 2 atom stereocenters. The Labute approximate surface area is 187 Å². The number of aryl methyl sites for hydroxylation is 1. The van der Waals surface area contributed by atoms with Gasteiger partial charge in [0.05, 0.1) is 19.2 Å². The van der Waals surface area contributed by atoms with Gasteiger partial charge in [-0.1, -0.05) is 60.7 Å². The lowest BCUT2D eigenvalue weighted by molar-refractivity contribution is 0.0962. The number of fused-ring (bicyclic) bond motifs is 1. The first kappa shape index (κ1) is 20.0. The second-order valence-electron chi connectivity index (χ2n) is 7.95. The summed E-state index contributed by atoms with van der Waals surface area (Å²) in [5.74, 6) is 1.29. The van der Waals surface area contributed by atoms with Crippen LogP contribution in [0.2, 0.25) is 0 Å². The van der Waals surface area contributed by atoms with Gasteiger partial charge in [-0.3, -0.25) is 9.69 Å². The van der Waals surface area contributed by atoms with Crippen molar-refractivity contribution in [2.24, 2.45) is 0 Å². The van der Waals surface area contributed by atoms with E-state index in [0.29, 0.717) is 17.9 Å². The maximum atomic E-state index is 13.8. The minimum Gasteiger partial charge on any atom is -0.497 e. The Morgan fingerprint density at radius 3 is 2.31 bits per heavy atom. The van der Waals surface area contributed by atoms with E-state index < -0.39 is 0 Å². The third kappa shape index (κ3) is 3.43. The molecule has 1 aliphatic rings. The van der Waals surface area contributed by atoms with Crippen LogP contribution in [0.5, 0.6) is 5.75 Å². The third-order valence-electron chi connectivity index (χ3n) is 6.10. The van der Waals surface area contributed by atoms with E-state index in [9.17, 15) is 4.79 Å². The molecule has 32 heavy (non-hydrogen) atoms. The molecule has 6 heteroatoms. The summed E-state index contributed by atoms with van der Waals surface area (Å²) in [6.45, 7) is 1.96. The second kappa shape index (κ2) is 8.30. The molecule has 5 rings (SSSR count). The molecule has 6 nitrogen and oxygen atoms in total. The highest BCUT2D eigenvalue weighted by atomic mass is 16.5. The highest BCUT2D eigenvalue weighted by molar-refractivity contribution is 6.06. The van der Waals surface area contributed by atoms with Crippen molar-refractivity contribution in [1.29, 1.82) is 0 Å². The number of hydrogen-bond donors (Lipinski definition) is 0. The Morgan fingerprint density at radius 1 is 0.906 bits per heavy atom. The molecule has 4 aromatic rings. The van der Waals surface area contributed by atoms with E-state index in [1.807, 2.05) is 66.2 Å². The lowest BCUT2D eigenvalue weighted by Crippen LogP contribution is -2.42. The summed E-state index contributed by atoms with van der Waals surface area (Å²) in [6, 6.07) is 25.6. The molecule has 0 unspecified atom stereocenters. The predicted molar refractivity (Wildman–Crippen MR) is 123 cm³/mol. The molecule has 3 aromatic carbocycles. The number of rotatable bonds is 4. The lowest BCUT2D eigenvalue weighted by Gasteiger charge is -2.39. The number of carbonyl (C=O) groups is 1. The van der Waals surface area contributed by atoms with Gasteiger partial charge in [0.2, 0.25) is 5.95 Å². The number of ether oxygens (including phenoxy) is 1. The smallest absolute Gasteiger partial charge is 0.261 e. The van der Waals surface area contributed by atoms with Crippen LogP contribution in [0.15, 0.2) is 85.2 Å². The fourth-order valence-corrected chi connectivity index (χ4v) is 4.43. The first-order chi connectivity index (χ1) is 15.7. The largest absolute Gasteiger partial charge is 0.497 e. The number of methoxy groups -OCH3 is 1. The Bertz CT molecular complexity index is 1230. The topological polar surface area (TPSA) is 60.2 Å². The number of amides is 1. The summed E-state index contributed by atoms with van der Waals surface area (Å²) in [5, 5.41) is 4.51. The van der Waals surface area contributed by atoms with Crippen molar-refractivity contribution < 1.29 is 9.53 Å². The molecule has 1 amide bonds. The van der Waals surface area contributed by atoms with E-state index in [-0.39, 0.29) is 18.0 Å². The Kier molecular flexibility index (Phi) is 5.19. The molecule has 0 saturated heterocycles. The third-order valence-corrected chi connectivity index (χ3v) is 6.10. The zero-order chi connectivity index (χ0) is 22.1. The summed E-state index contributed by atoms with van der Waals surface area (Å²) in [5.41, 5.74) is 3.78. The molecule has 0 fully saturated rings. The second-order valence-corrected chi connectivity index (χ2v) is 7.95. The number of hydrogen-bond acceptors (Lipinski definition) is 4. The fraction of sp³-hybridized carbons (Fsp3) is 0.192. The van der Waals surface area contributed by atoms with Crippen molar-refractivity contribution in [1.82, 2.24) is 14.8 Å². The van der Waals surface area contributed by atoms with Crippen LogP contribution in [0.25, 0.3) is 0 Å².